The first-order chi connectivity index (χ1) is 13.7. The van der Waals surface area contributed by atoms with E-state index < -0.39 is 0 Å². The summed E-state index contributed by atoms with van der Waals surface area (Å²) >= 11 is 1.56. The largest absolute Gasteiger partial charge is 0.493 e. The molecule has 4 rings (SSSR count). The lowest BCUT2D eigenvalue weighted by molar-refractivity contribution is 0.0919. The van der Waals surface area contributed by atoms with Gasteiger partial charge in [-0.25, -0.2) is 0 Å². The number of ketones is 1. The quantitative estimate of drug-likeness (QED) is 0.339. The monoisotopic (exact) mass is 392 g/mol. The molecule has 0 aliphatic carbocycles. The number of methoxy groups -OCH3 is 1. The van der Waals surface area contributed by atoms with Crippen molar-refractivity contribution in [3.05, 3.63) is 71.8 Å². The van der Waals surface area contributed by atoms with Crippen LogP contribution in [-0.2, 0) is 0 Å². The Morgan fingerprint density at radius 3 is 2.64 bits per heavy atom. The van der Waals surface area contributed by atoms with E-state index in [-0.39, 0.29) is 12.4 Å². The number of hydrogen-bond donors (Lipinski definition) is 0. The first kappa shape index (κ1) is 18.1. The zero-order chi connectivity index (χ0) is 19.5. The van der Waals surface area contributed by atoms with Gasteiger partial charge in [0, 0.05) is 11.1 Å². The number of aldehydes is 1. The maximum atomic E-state index is 12.6. The lowest BCUT2D eigenvalue weighted by Crippen LogP contribution is -2.12. The van der Waals surface area contributed by atoms with Crippen LogP contribution in [0, 0.1) is 0 Å². The minimum atomic E-state index is -0.180. The van der Waals surface area contributed by atoms with Crippen molar-refractivity contribution in [3.63, 3.8) is 0 Å². The van der Waals surface area contributed by atoms with Crippen molar-refractivity contribution in [2.75, 3.05) is 13.7 Å². The molecule has 0 unspecified atom stereocenters. The summed E-state index contributed by atoms with van der Waals surface area (Å²) in [6.45, 7) is -0.167. The van der Waals surface area contributed by atoms with Crippen molar-refractivity contribution in [2.24, 2.45) is 0 Å². The standard InChI is InChI=1S/C22H16O5S/c1-25-17-8-6-14(12-23)10-20(17)26-13-16(24)15-7-9-19-22(11-15)28-21-5-3-2-4-18(21)27-19/h2-12H,13H2,1H3. The average Bonchev–Trinajstić information content (AvgIpc) is 2.75. The van der Waals surface area contributed by atoms with Crippen LogP contribution >= 0.6 is 11.8 Å². The van der Waals surface area contributed by atoms with Crippen molar-refractivity contribution in [2.45, 2.75) is 9.79 Å². The molecule has 0 N–H and O–H groups in total. The highest BCUT2D eigenvalue weighted by Crippen LogP contribution is 2.47. The Hall–Kier alpha value is -3.25. The van der Waals surface area contributed by atoms with Gasteiger partial charge in [-0.15, -0.1) is 0 Å². The first-order valence-electron chi connectivity index (χ1n) is 8.56. The van der Waals surface area contributed by atoms with Gasteiger partial charge >= 0.3 is 0 Å². The zero-order valence-electron chi connectivity index (χ0n) is 15.0. The lowest BCUT2D eigenvalue weighted by atomic mass is 10.1. The Balaban J connectivity index is 1.50. The molecule has 3 aromatic carbocycles. The van der Waals surface area contributed by atoms with E-state index in [1.165, 1.54) is 7.11 Å². The van der Waals surface area contributed by atoms with Crippen LogP contribution in [0.4, 0.5) is 0 Å². The van der Waals surface area contributed by atoms with Gasteiger partial charge in [-0.1, -0.05) is 23.9 Å². The van der Waals surface area contributed by atoms with Crippen molar-refractivity contribution in [1.82, 2.24) is 0 Å². The van der Waals surface area contributed by atoms with E-state index in [0.29, 0.717) is 28.9 Å². The fraction of sp³-hybridized carbons (Fsp3) is 0.0909. The Morgan fingerprint density at radius 1 is 1.00 bits per heavy atom. The van der Waals surface area contributed by atoms with Crippen molar-refractivity contribution in [1.29, 1.82) is 0 Å². The number of para-hydroxylation sites is 1. The van der Waals surface area contributed by atoms with Gasteiger partial charge in [-0.3, -0.25) is 9.59 Å². The molecular formula is C22H16O5S. The average molecular weight is 392 g/mol. The second-order valence-corrected chi connectivity index (χ2v) is 7.14. The fourth-order valence-electron chi connectivity index (χ4n) is 2.81. The number of carbonyl (C=O) groups excluding carboxylic acids is 2. The Morgan fingerprint density at radius 2 is 1.82 bits per heavy atom. The minimum absolute atomic E-state index is 0.167. The van der Waals surface area contributed by atoms with Crippen LogP contribution in [-0.4, -0.2) is 25.8 Å². The molecule has 1 aliphatic rings. The number of rotatable bonds is 6. The van der Waals surface area contributed by atoms with Crippen LogP contribution in [0.25, 0.3) is 0 Å². The normalized spacial score (nSPS) is 11.6. The minimum Gasteiger partial charge on any atom is -0.493 e. The second-order valence-electron chi connectivity index (χ2n) is 6.05. The molecule has 6 heteroatoms. The van der Waals surface area contributed by atoms with E-state index in [1.807, 2.05) is 24.3 Å². The van der Waals surface area contributed by atoms with Gasteiger partial charge in [0.2, 0.25) is 0 Å². The summed E-state index contributed by atoms with van der Waals surface area (Å²) < 4.78 is 16.7. The van der Waals surface area contributed by atoms with Crippen LogP contribution in [0.3, 0.4) is 0 Å². The van der Waals surface area contributed by atoms with Gasteiger partial charge in [-0.05, 0) is 48.5 Å². The lowest BCUT2D eigenvalue weighted by Gasteiger charge is -2.19. The third-order valence-corrected chi connectivity index (χ3v) is 5.33. The molecule has 0 spiro atoms. The molecule has 0 saturated carbocycles. The molecule has 140 valence electrons. The summed E-state index contributed by atoms with van der Waals surface area (Å²) in [5.41, 5.74) is 0.976. The maximum absolute atomic E-state index is 12.6. The highest BCUT2D eigenvalue weighted by atomic mass is 32.2. The summed E-state index contributed by atoms with van der Waals surface area (Å²) in [4.78, 5) is 25.5. The molecule has 0 amide bonds. The molecule has 0 saturated heterocycles. The molecule has 0 fully saturated rings. The number of hydrogen-bond acceptors (Lipinski definition) is 6. The zero-order valence-corrected chi connectivity index (χ0v) is 15.8. The molecule has 1 aliphatic heterocycles. The van der Waals surface area contributed by atoms with E-state index in [4.69, 9.17) is 14.2 Å². The summed E-state index contributed by atoms with van der Waals surface area (Å²) in [6.07, 6.45) is 0.715. The summed E-state index contributed by atoms with van der Waals surface area (Å²) in [5, 5.41) is 0. The Bertz CT molecular complexity index is 1060. The van der Waals surface area contributed by atoms with Gasteiger partial charge in [0.1, 0.15) is 17.8 Å². The van der Waals surface area contributed by atoms with Gasteiger partial charge in [0.15, 0.2) is 23.9 Å². The van der Waals surface area contributed by atoms with E-state index in [9.17, 15) is 9.59 Å². The number of ether oxygens (including phenoxy) is 3. The third kappa shape index (κ3) is 3.59. The topological polar surface area (TPSA) is 61.8 Å². The van der Waals surface area contributed by atoms with Crippen LogP contribution in [0.2, 0.25) is 0 Å². The van der Waals surface area contributed by atoms with Crippen LogP contribution < -0.4 is 14.2 Å². The number of fused-ring (bicyclic) bond motifs is 2. The van der Waals surface area contributed by atoms with E-state index >= 15 is 0 Å². The molecule has 0 aromatic heterocycles. The summed E-state index contributed by atoms with van der Waals surface area (Å²) in [5.74, 6) is 2.17. The van der Waals surface area contributed by atoms with E-state index in [0.717, 1.165) is 21.3 Å². The maximum Gasteiger partial charge on any atom is 0.200 e. The third-order valence-electron chi connectivity index (χ3n) is 4.24. The Kier molecular flexibility index (Phi) is 5.04. The fourth-order valence-corrected chi connectivity index (χ4v) is 3.80. The second kappa shape index (κ2) is 7.78. The molecule has 5 nitrogen and oxygen atoms in total. The van der Waals surface area contributed by atoms with Crippen molar-refractivity contribution >= 4 is 23.8 Å². The molecule has 1 heterocycles. The van der Waals surface area contributed by atoms with E-state index in [1.54, 1.807) is 48.2 Å². The predicted molar refractivity (Wildman–Crippen MR) is 105 cm³/mol. The Labute approximate surface area is 166 Å². The summed E-state index contributed by atoms with van der Waals surface area (Å²) in [6, 6.07) is 17.9. The SMILES string of the molecule is COc1ccc(C=O)cc1OCC(=O)c1ccc2c(c1)Sc1ccccc1O2. The molecule has 28 heavy (non-hydrogen) atoms. The smallest absolute Gasteiger partial charge is 0.200 e. The molecule has 3 aromatic rings. The van der Waals surface area contributed by atoms with Gasteiger partial charge in [-0.2, -0.15) is 0 Å². The number of benzene rings is 3. The van der Waals surface area contributed by atoms with Crippen LogP contribution in [0.1, 0.15) is 20.7 Å². The van der Waals surface area contributed by atoms with Gasteiger partial charge < -0.3 is 14.2 Å². The number of Topliss-reactive ketones (excluding diaryl/α,β-unsaturated/α-hetero) is 1. The van der Waals surface area contributed by atoms with Gasteiger partial charge in [0.25, 0.3) is 0 Å². The predicted octanol–water partition coefficient (Wildman–Crippen LogP) is 5.03. The van der Waals surface area contributed by atoms with E-state index in [2.05, 4.69) is 0 Å². The molecule has 0 atom stereocenters. The molecule has 0 radical (unpaired) electrons. The van der Waals surface area contributed by atoms with Crippen molar-refractivity contribution < 1.29 is 23.8 Å². The summed E-state index contributed by atoms with van der Waals surface area (Å²) in [7, 11) is 1.50. The highest BCUT2D eigenvalue weighted by molar-refractivity contribution is 7.99. The van der Waals surface area contributed by atoms with Crippen molar-refractivity contribution in [3.8, 4) is 23.0 Å². The molecule has 0 bridgehead atoms. The number of carbonyl (C=O) groups is 2. The van der Waals surface area contributed by atoms with Crippen LogP contribution in [0.5, 0.6) is 23.0 Å². The van der Waals surface area contributed by atoms with Gasteiger partial charge in [0.05, 0.1) is 16.9 Å². The van der Waals surface area contributed by atoms with Crippen LogP contribution in [0.15, 0.2) is 70.5 Å². The molecular weight excluding hydrogens is 376 g/mol. The first-order valence-corrected chi connectivity index (χ1v) is 9.37. The highest BCUT2D eigenvalue weighted by Gasteiger charge is 2.19.